The Bertz CT molecular complexity index is 4930. The second-order valence-corrected chi connectivity index (χ2v) is 26.8. The summed E-state index contributed by atoms with van der Waals surface area (Å²) in [4.78, 5) is 4.91. The highest BCUT2D eigenvalue weighted by molar-refractivity contribution is 6.20. The monoisotopic (exact) mass is 1100 g/mol. The molecule has 0 saturated carbocycles. The van der Waals surface area contributed by atoms with Gasteiger partial charge in [0.15, 0.2) is 0 Å². The van der Waals surface area contributed by atoms with Crippen LogP contribution in [0, 0.1) is 0 Å². The van der Waals surface area contributed by atoms with E-state index in [9.17, 15) is 0 Å². The molecule has 410 valence electrons. The van der Waals surface area contributed by atoms with E-state index in [0.29, 0.717) is 0 Å². The largest absolute Gasteiger partial charge is 0.455 e. The summed E-state index contributed by atoms with van der Waals surface area (Å²) in [5.74, 6) is 0.524. The van der Waals surface area contributed by atoms with Gasteiger partial charge in [0.25, 0.3) is 0 Å². The summed E-state index contributed by atoms with van der Waals surface area (Å²) in [6.45, 7) is 24.0. The lowest BCUT2D eigenvalue weighted by atomic mass is 9.78. The van der Waals surface area contributed by atoms with Crippen molar-refractivity contribution in [2.24, 2.45) is 0 Å². The number of hydrogen-bond acceptors (Lipinski definition) is 3. The first-order valence-electron chi connectivity index (χ1n) is 30.6. The Kier molecular flexibility index (Phi) is 10.3. The normalized spacial score (nSPS) is 15.0. The molecule has 0 saturated heterocycles. The summed E-state index contributed by atoms with van der Waals surface area (Å²) < 4.78 is 14.5. The van der Waals surface area contributed by atoms with Crippen molar-refractivity contribution >= 4 is 65.4 Å². The number of fused-ring (bicyclic) bond motifs is 19. The second-order valence-electron chi connectivity index (χ2n) is 26.8. The molecule has 0 N–H and O–H groups in total. The van der Waals surface area contributed by atoms with E-state index in [1.165, 1.54) is 122 Å². The molecule has 11 aromatic carbocycles. The molecule has 3 nitrogen and oxygen atoms in total. The summed E-state index contributed by atoms with van der Waals surface area (Å²) >= 11 is 0. The number of benzene rings is 11. The van der Waals surface area contributed by atoms with Crippen LogP contribution in [0.25, 0.3) is 143 Å². The molecular formula is C82H65NO2. The van der Waals surface area contributed by atoms with Crippen molar-refractivity contribution in [1.82, 2.24) is 4.98 Å². The van der Waals surface area contributed by atoms with Crippen LogP contribution in [0.4, 0.5) is 0 Å². The molecule has 0 amide bonds. The Labute approximate surface area is 496 Å². The fraction of sp³-hybridized carbons (Fsp3) is 0.183. The van der Waals surface area contributed by atoms with Crippen molar-refractivity contribution in [3.05, 3.63) is 245 Å². The zero-order chi connectivity index (χ0) is 57.7. The van der Waals surface area contributed by atoms with Crippen LogP contribution in [-0.2, 0) is 16.2 Å². The van der Waals surface area contributed by atoms with Gasteiger partial charge in [-0.1, -0.05) is 215 Å². The van der Waals surface area contributed by atoms with Gasteiger partial charge in [-0.05, 0) is 171 Å². The minimum absolute atomic E-state index is 0.256. The van der Waals surface area contributed by atoms with Gasteiger partial charge in [0.1, 0.15) is 22.3 Å². The lowest BCUT2D eigenvalue weighted by Gasteiger charge is -2.25. The number of pyridine rings is 1. The van der Waals surface area contributed by atoms with Gasteiger partial charge in [0.05, 0.1) is 0 Å². The number of aromatic nitrogens is 1. The van der Waals surface area contributed by atoms with E-state index in [0.717, 1.165) is 66.1 Å². The number of para-hydroxylation sites is 2. The summed E-state index contributed by atoms with van der Waals surface area (Å²) in [5, 5.41) is 9.48. The van der Waals surface area contributed by atoms with Crippen LogP contribution in [-0.4, -0.2) is 4.98 Å². The van der Waals surface area contributed by atoms with Crippen LogP contribution < -0.4 is 0 Å². The van der Waals surface area contributed by atoms with E-state index in [2.05, 4.69) is 263 Å². The van der Waals surface area contributed by atoms with Crippen molar-refractivity contribution in [2.75, 3.05) is 0 Å². The van der Waals surface area contributed by atoms with E-state index in [-0.39, 0.29) is 28.1 Å². The maximum atomic E-state index is 7.27. The molecular weight excluding hydrogens is 1030 g/mol. The Morgan fingerprint density at radius 2 is 0.671 bits per heavy atom. The minimum atomic E-state index is -0.326. The molecule has 3 aliphatic carbocycles. The van der Waals surface area contributed by atoms with Gasteiger partial charge in [0.2, 0.25) is 0 Å². The van der Waals surface area contributed by atoms with Crippen LogP contribution in [0.1, 0.15) is 126 Å². The molecule has 3 aromatic heterocycles. The molecule has 85 heavy (non-hydrogen) atoms. The predicted octanol–water partition coefficient (Wildman–Crippen LogP) is 23.0. The van der Waals surface area contributed by atoms with E-state index in [4.69, 9.17) is 13.8 Å². The molecule has 0 atom stereocenters. The van der Waals surface area contributed by atoms with Crippen LogP contribution in [0.15, 0.2) is 209 Å². The maximum Gasteiger partial charge on any atom is 0.143 e. The van der Waals surface area contributed by atoms with Crippen LogP contribution in [0.3, 0.4) is 0 Å². The van der Waals surface area contributed by atoms with Crippen molar-refractivity contribution < 1.29 is 8.83 Å². The minimum Gasteiger partial charge on any atom is -0.455 e. The molecule has 3 aliphatic rings. The maximum absolute atomic E-state index is 7.27. The average molecular weight is 1100 g/mol. The molecule has 0 spiro atoms. The number of hydrogen-bond donors (Lipinski definition) is 0. The fourth-order valence-corrected chi connectivity index (χ4v) is 16.1. The SMILES string of the molecule is CC(C)c1ccc2c(oc3c(-c4ccccc4)cccc32)c1-c1cc2c(c3ccccc13)-c1cc3c(cc1C2(C)C)-c1cc2c(cc1C3(C)C)-c1c(cc(-c3c(C(C)C)ccc4c3oc3c(-c5ccccc5)cccc34)c3ccncc13)C2(C)C. The highest BCUT2D eigenvalue weighted by Crippen LogP contribution is 2.62. The molecule has 0 aliphatic heterocycles. The van der Waals surface area contributed by atoms with Gasteiger partial charge in [-0.25, -0.2) is 0 Å². The summed E-state index contributed by atoms with van der Waals surface area (Å²) in [6.07, 6.45) is 4.09. The van der Waals surface area contributed by atoms with Gasteiger partial charge in [-0.15, -0.1) is 0 Å². The topological polar surface area (TPSA) is 39.2 Å². The van der Waals surface area contributed by atoms with E-state index in [1.54, 1.807) is 0 Å². The Hall–Kier alpha value is -9.31. The molecule has 3 heteroatoms. The molecule has 0 fully saturated rings. The lowest BCUT2D eigenvalue weighted by Crippen LogP contribution is -2.17. The van der Waals surface area contributed by atoms with Crippen molar-refractivity contribution in [3.8, 4) is 77.9 Å². The van der Waals surface area contributed by atoms with Gasteiger partial charge >= 0.3 is 0 Å². The fourth-order valence-electron chi connectivity index (χ4n) is 16.1. The van der Waals surface area contributed by atoms with Gasteiger partial charge in [0, 0.05) is 77.8 Å². The molecule has 3 heterocycles. The first kappa shape index (κ1) is 50.2. The van der Waals surface area contributed by atoms with Gasteiger partial charge < -0.3 is 8.83 Å². The smallest absolute Gasteiger partial charge is 0.143 e. The van der Waals surface area contributed by atoms with Gasteiger partial charge in [-0.3, -0.25) is 4.98 Å². The lowest BCUT2D eigenvalue weighted by molar-refractivity contribution is 0.649. The van der Waals surface area contributed by atoms with Crippen LogP contribution in [0.5, 0.6) is 0 Å². The first-order valence-corrected chi connectivity index (χ1v) is 30.6. The highest BCUT2D eigenvalue weighted by atomic mass is 16.3. The highest BCUT2D eigenvalue weighted by Gasteiger charge is 2.46. The second kappa shape index (κ2) is 17.4. The molecule has 14 aromatic rings. The Morgan fingerprint density at radius 3 is 1.15 bits per heavy atom. The first-order chi connectivity index (χ1) is 41.1. The van der Waals surface area contributed by atoms with Crippen molar-refractivity contribution in [3.63, 3.8) is 0 Å². The Morgan fingerprint density at radius 1 is 0.294 bits per heavy atom. The zero-order valence-electron chi connectivity index (χ0n) is 50.0. The van der Waals surface area contributed by atoms with E-state index in [1.807, 2.05) is 6.20 Å². The molecule has 0 unspecified atom stereocenters. The molecule has 0 bridgehead atoms. The predicted molar refractivity (Wildman–Crippen MR) is 356 cm³/mol. The van der Waals surface area contributed by atoms with Gasteiger partial charge in [-0.2, -0.15) is 0 Å². The summed E-state index contributed by atoms with van der Waals surface area (Å²) in [5.41, 5.74) is 31.0. The number of nitrogens with zero attached hydrogens (tertiary/aromatic N) is 1. The molecule has 17 rings (SSSR count). The molecule has 0 radical (unpaired) electrons. The number of rotatable bonds is 6. The third kappa shape index (κ3) is 6.70. The van der Waals surface area contributed by atoms with Crippen molar-refractivity contribution in [2.45, 2.75) is 97.3 Å². The third-order valence-corrected chi connectivity index (χ3v) is 20.5. The number of furan rings is 2. The zero-order valence-corrected chi connectivity index (χ0v) is 50.0. The quantitative estimate of drug-likeness (QED) is 0.167. The van der Waals surface area contributed by atoms with Crippen molar-refractivity contribution in [1.29, 1.82) is 0 Å². The van der Waals surface area contributed by atoms with Crippen LogP contribution >= 0.6 is 0 Å². The van der Waals surface area contributed by atoms with E-state index >= 15 is 0 Å². The average Bonchev–Trinajstić information content (AvgIpc) is 1.83. The standard InChI is InChI=1S/C82H65NO2/c1-44(2)48-31-33-57-55-29-19-27-50(46-21-13-11-14-22-46)76(55)84-78(57)74(48)61-39-70-72(54-26-18-17-25-52(54)61)63-41-66-59(37-68(63)81(70,7)8)60-38-69-64(42-67(60)80(66,5)6)73-65-43-83-36-35-53(65)62(40-71(73)82(69,9)10)75-49(45(3)4)32-34-58-56-30-20-28-51(77(56)85-79(58)75)47-23-15-12-16-24-47/h11-45H,1-10H3. The van der Waals surface area contributed by atoms with E-state index < -0.39 is 0 Å². The Balaban J connectivity index is 0.834. The third-order valence-electron chi connectivity index (χ3n) is 20.5. The summed E-state index contributed by atoms with van der Waals surface area (Å²) in [7, 11) is 0. The van der Waals surface area contributed by atoms with Crippen LogP contribution in [0.2, 0.25) is 0 Å². The summed E-state index contributed by atoms with van der Waals surface area (Å²) in [6, 6.07) is 70.6.